The van der Waals surface area contributed by atoms with E-state index in [1.807, 2.05) is 13.0 Å². The fourth-order valence-corrected chi connectivity index (χ4v) is 2.77. The number of amides is 1. The second kappa shape index (κ2) is 6.16. The Balaban J connectivity index is 1.64. The summed E-state index contributed by atoms with van der Waals surface area (Å²) < 4.78 is 7.40. The van der Waals surface area contributed by atoms with Crippen molar-refractivity contribution in [3.8, 4) is 0 Å². The highest BCUT2D eigenvalue weighted by Gasteiger charge is 2.35. The first kappa shape index (κ1) is 15.7. The monoisotopic (exact) mass is 318 g/mol. The zero-order valence-electron chi connectivity index (χ0n) is 13.7. The average molecular weight is 318 g/mol. The van der Waals surface area contributed by atoms with E-state index >= 15 is 0 Å². The van der Waals surface area contributed by atoms with E-state index in [9.17, 15) is 9.90 Å². The number of aryl methyl sites for hydroxylation is 2. The molecule has 1 amide bonds. The van der Waals surface area contributed by atoms with Crippen molar-refractivity contribution in [1.29, 1.82) is 0 Å². The molecule has 1 N–H and O–H groups in total. The molecule has 7 heteroatoms. The summed E-state index contributed by atoms with van der Waals surface area (Å²) in [7, 11) is 0. The smallest absolute Gasteiger partial charge is 0.289 e. The van der Waals surface area contributed by atoms with Crippen molar-refractivity contribution in [3.63, 3.8) is 0 Å². The molecule has 23 heavy (non-hydrogen) atoms. The van der Waals surface area contributed by atoms with E-state index in [2.05, 4.69) is 17.2 Å². The van der Waals surface area contributed by atoms with Gasteiger partial charge in [-0.05, 0) is 25.0 Å². The average Bonchev–Trinajstić information content (AvgIpc) is 3.12. The van der Waals surface area contributed by atoms with Gasteiger partial charge in [0.05, 0.1) is 18.3 Å². The van der Waals surface area contributed by atoms with E-state index in [1.165, 1.54) is 0 Å². The molecule has 2 aromatic heterocycles. The van der Waals surface area contributed by atoms with Gasteiger partial charge in [0.1, 0.15) is 11.5 Å². The summed E-state index contributed by atoms with van der Waals surface area (Å²) in [5.41, 5.74) is 1.65. The number of carbonyl (C=O) groups excluding carboxylic acids is 1. The maximum atomic E-state index is 12.5. The molecule has 1 aliphatic heterocycles. The van der Waals surface area contributed by atoms with Crippen molar-refractivity contribution in [1.82, 2.24) is 19.9 Å². The van der Waals surface area contributed by atoms with Crippen LogP contribution in [0.5, 0.6) is 0 Å². The lowest BCUT2D eigenvalue weighted by molar-refractivity contribution is 0.0465. The highest BCUT2D eigenvalue weighted by atomic mass is 16.4. The molecule has 0 radical (unpaired) electrons. The summed E-state index contributed by atoms with van der Waals surface area (Å²) in [6.45, 7) is 6.88. The number of aliphatic hydroxyl groups excluding tert-OH is 1. The fourth-order valence-electron chi connectivity index (χ4n) is 2.77. The van der Waals surface area contributed by atoms with Gasteiger partial charge < -0.3 is 14.4 Å². The predicted octanol–water partition coefficient (Wildman–Crippen LogP) is 1.75. The van der Waals surface area contributed by atoms with E-state index in [1.54, 1.807) is 22.7 Å². The molecule has 1 unspecified atom stereocenters. The Morgan fingerprint density at radius 3 is 2.70 bits per heavy atom. The number of hydrogen-bond donors (Lipinski definition) is 1. The van der Waals surface area contributed by atoms with E-state index in [4.69, 9.17) is 4.42 Å². The molecule has 3 heterocycles. The van der Waals surface area contributed by atoms with Crippen LogP contribution in [0.3, 0.4) is 0 Å². The van der Waals surface area contributed by atoms with E-state index in [0.717, 1.165) is 24.2 Å². The van der Waals surface area contributed by atoms with Crippen molar-refractivity contribution in [2.45, 2.75) is 45.8 Å². The van der Waals surface area contributed by atoms with Crippen LogP contribution in [0, 0.1) is 0 Å². The Kier molecular flexibility index (Phi) is 4.21. The summed E-state index contributed by atoms with van der Waals surface area (Å²) in [6.07, 6.45) is 2.75. The molecule has 2 aromatic rings. The molecular formula is C16H22N4O3. The summed E-state index contributed by atoms with van der Waals surface area (Å²) in [4.78, 5) is 14.2. The molecule has 0 bridgehead atoms. The third-order valence-corrected chi connectivity index (χ3v) is 4.29. The van der Waals surface area contributed by atoms with Crippen molar-refractivity contribution in [2.24, 2.45) is 0 Å². The number of rotatable bonds is 5. The molecule has 1 aliphatic rings. The van der Waals surface area contributed by atoms with Gasteiger partial charge in [-0.2, -0.15) is 0 Å². The first-order valence-electron chi connectivity index (χ1n) is 8.04. The van der Waals surface area contributed by atoms with Gasteiger partial charge in [-0.1, -0.05) is 19.1 Å². The van der Waals surface area contributed by atoms with Gasteiger partial charge in [0.2, 0.25) is 0 Å². The van der Waals surface area contributed by atoms with Gasteiger partial charge in [0, 0.05) is 19.5 Å². The number of furan rings is 1. The lowest BCUT2D eigenvalue weighted by atomic mass is 10.1. The van der Waals surface area contributed by atoms with E-state index < -0.39 is 6.10 Å². The zero-order valence-corrected chi connectivity index (χ0v) is 13.7. The van der Waals surface area contributed by atoms with E-state index in [-0.39, 0.29) is 11.9 Å². The number of hydrogen-bond acceptors (Lipinski definition) is 5. The zero-order chi connectivity index (χ0) is 16.6. The Labute approximate surface area is 134 Å². The minimum absolute atomic E-state index is 0.0773. The summed E-state index contributed by atoms with van der Waals surface area (Å²) in [5.74, 6) is 1.23. The van der Waals surface area contributed by atoms with Gasteiger partial charge >= 0.3 is 0 Å². The van der Waals surface area contributed by atoms with Crippen LogP contribution in [0.15, 0.2) is 16.7 Å². The molecule has 0 aliphatic carbocycles. The van der Waals surface area contributed by atoms with Crippen molar-refractivity contribution in [2.75, 3.05) is 13.1 Å². The summed E-state index contributed by atoms with van der Waals surface area (Å²) >= 11 is 0. The van der Waals surface area contributed by atoms with Crippen LogP contribution < -0.4 is 0 Å². The first-order valence-corrected chi connectivity index (χ1v) is 8.04. The van der Waals surface area contributed by atoms with Crippen molar-refractivity contribution < 1.29 is 14.3 Å². The highest BCUT2D eigenvalue weighted by molar-refractivity contribution is 5.92. The Morgan fingerprint density at radius 1 is 1.43 bits per heavy atom. The van der Waals surface area contributed by atoms with Crippen LogP contribution >= 0.6 is 0 Å². The Morgan fingerprint density at radius 2 is 2.17 bits per heavy atom. The minimum atomic E-state index is -0.635. The molecule has 124 valence electrons. The van der Waals surface area contributed by atoms with Gasteiger partial charge in [-0.25, -0.2) is 4.68 Å². The van der Waals surface area contributed by atoms with Crippen LogP contribution in [-0.2, 0) is 12.8 Å². The number of carbonyl (C=O) groups is 1. The molecule has 7 nitrogen and oxygen atoms in total. The van der Waals surface area contributed by atoms with Gasteiger partial charge in [-0.3, -0.25) is 4.79 Å². The van der Waals surface area contributed by atoms with Crippen LogP contribution in [0.4, 0.5) is 0 Å². The largest absolute Gasteiger partial charge is 0.456 e. The normalized spacial score (nSPS) is 16.4. The molecule has 3 rings (SSSR count). The maximum absolute atomic E-state index is 12.5. The topological polar surface area (TPSA) is 84.4 Å². The van der Waals surface area contributed by atoms with Gasteiger partial charge in [-0.15, -0.1) is 5.10 Å². The Hall–Kier alpha value is -2.15. The van der Waals surface area contributed by atoms with Crippen molar-refractivity contribution in [3.05, 3.63) is 35.0 Å². The van der Waals surface area contributed by atoms with Crippen LogP contribution in [0.25, 0.3) is 0 Å². The number of likely N-dealkylation sites (tertiary alicyclic amines) is 1. The molecule has 0 spiro atoms. The molecule has 1 saturated heterocycles. The highest BCUT2D eigenvalue weighted by Crippen LogP contribution is 2.25. The Bertz CT molecular complexity index is 676. The second-order valence-corrected chi connectivity index (χ2v) is 5.93. The van der Waals surface area contributed by atoms with Gasteiger partial charge in [0.15, 0.2) is 5.76 Å². The molecule has 0 aromatic carbocycles. The molecular weight excluding hydrogens is 296 g/mol. The third kappa shape index (κ3) is 2.88. The number of aromatic nitrogens is 3. The fraction of sp³-hybridized carbons (Fsp3) is 0.562. The lowest BCUT2D eigenvalue weighted by Crippen LogP contribution is -2.50. The van der Waals surface area contributed by atoms with E-state index in [0.29, 0.717) is 24.5 Å². The van der Waals surface area contributed by atoms with Crippen molar-refractivity contribution >= 4 is 5.91 Å². The van der Waals surface area contributed by atoms with Gasteiger partial charge in [0.25, 0.3) is 5.91 Å². The molecule has 1 atom stereocenters. The maximum Gasteiger partial charge on any atom is 0.289 e. The second-order valence-electron chi connectivity index (χ2n) is 5.93. The minimum Gasteiger partial charge on any atom is -0.456 e. The predicted molar refractivity (Wildman–Crippen MR) is 83.1 cm³/mol. The lowest BCUT2D eigenvalue weighted by Gasteiger charge is -2.38. The molecule has 1 fully saturated rings. The SMILES string of the molecule is CCc1cc(C(=O)N2CC(n3cc(C(C)O)nn3)C2)oc1CC. The molecule has 0 saturated carbocycles. The summed E-state index contributed by atoms with van der Waals surface area (Å²) in [5, 5.41) is 17.4. The number of nitrogens with zero attached hydrogens (tertiary/aromatic N) is 4. The van der Waals surface area contributed by atoms with Crippen LogP contribution in [0.2, 0.25) is 0 Å². The standard InChI is InChI=1S/C16H22N4O3/c1-4-11-6-15(23-14(11)5-2)16(22)19-7-12(8-19)20-9-13(10(3)21)17-18-20/h6,9-10,12,21H,4-5,7-8H2,1-3H3. The number of aliphatic hydroxyl groups is 1. The van der Waals surface area contributed by atoms with Crippen LogP contribution in [-0.4, -0.2) is 44.0 Å². The first-order chi connectivity index (χ1) is 11.0. The third-order valence-electron chi connectivity index (χ3n) is 4.29. The summed E-state index contributed by atoms with van der Waals surface area (Å²) in [6, 6.07) is 1.96. The van der Waals surface area contributed by atoms with Crippen LogP contribution in [0.1, 0.15) is 60.5 Å². The quantitative estimate of drug-likeness (QED) is 0.908.